The second kappa shape index (κ2) is 5.68. The fourth-order valence-corrected chi connectivity index (χ4v) is 3.50. The van der Waals surface area contributed by atoms with E-state index in [2.05, 4.69) is 5.32 Å². The molecule has 3 rings (SSSR count). The highest BCUT2D eigenvalue weighted by molar-refractivity contribution is 5.81. The van der Waals surface area contributed by atoms with Crippen molar-refractivity contribution in [3.63, 3.8) is 0 Å². The molecule has 3 saturated heterocycles. The third-order valence-electron chi connectivity index (χ3n) is 4.53. The molecular weight excluding hydrogens is 230 g/mol. The van der Waals surface area contributed by atoms with E-state index < -0.39 is 0 Å². The molecule has 2 atom stereocenters. The van der Waals surface area contributed by atoms with Crippen LogP contribution >= 0.6 is 0 Å². The summed E-state index contributed by atoms with van der Waals surface area (Å²) >= 11 is 0. The average molecular weight is 253 g/mol. The molecule has 3 aliphatic rings. The lowest BCUT2D eigenvalue weighted by molar-refractivity contribution is -0.127. The summed E-state index contributed by atoms with van der Waals surface area (Å²) in [6.45, 7) is 3.22. The SMILES string of the molecule is O=C(CC1CCOCC1)C1CC2COCC(C1)N2. The molecule has 0 aromatic heterocycles. The van der Waals surface area contributed by atoms with Crippen molar-refractivity contribution in [1.82, 2.24) is 5.32 Å². The summed E-state index contributed by atoms with van der Waals surface area (Å²) in [7, 11) is 0. The van der Waals surface area contributed by atoms with Gasteiger partial charge in [-0.1, -0.05) is 0 Å². The molecule has 4 nitrogen and oxygen atoms in total. The van der Waals surface area contributed by atoms with Gasteiger partial charge in [-0.3, -0.25) is 4.79 Å². The Morgan fingerprint density at radius 3 is 2.39 bits per heavy atom. The third kappa shape index (κ3) is 2.92. The van der Waals surface area contributed by atoms with E-state index in [1.165, 1.54) is 0 Å². The quantitative estimate of drug-likeness (QED) is 0.819. The lowest BCUT2D eigenvalue weighted by atomic mass is 9.80. The van der Waals surface area contributed by atoms with Crippen molar-refractivity contribution in [2.45, 2.75) is 44.2 Å². The summed E-state index contributed by atoms with van der Waals surface area (Å²) in [6, 6.07) is 0.808. The molecule has 1 N–H and O–H groups in total. The Balaban J connectivity index is 1.52. The Bertz CT molecular complexity index is 289. The largest absolute Gasteiger partial charge is 0.381 e. The van der Waals surface area contributed by atoms with Crippen molar-refractivity contribution in [2.75, 3.05) is 26.4 Å². The van der Waals surface area contributed by atoms with Crippen LogP contribution in [0, 0.1) is 11.8 Å². The molecule has 0 aromatic carbocycles. The number of Topliss-reactive ketones (excluding diaryl/α,β-unsaturated/α-hetero) is 1. The number of morpholine rings is 1. The molecule has 3 fully saturated rings. The molecule has 0 aliphatic carbocycles. The molecule has 3 heterocycles. The first kappa shape index (κ1) is 12.6. The van der Waals surface area contributed by atoms with Gasteiger partial charge in [0.05, 0.1) is 13.2 Å². The molecule has 0 aromatic rings. The van der Waals surface area contributed by atoms with Crippen LogP contribution in [0.15, 0.2) is 0 Å². The van der Waals surface area contributed by atoms with Crippen LogP contribution in [-0.4, -0.2) is 44.3 Å². The van der Waals surface area contributed by atoms with Gasteiger partial charge < -0.3 is 14.8 Å². The number of fused-ring (bicyclic) bond motifs is 2. The maximum Gasteiger partial charge on any atom is 0.136 e. The summed E-state index contributed by atoms with van der Waals surface area (Å²) in [4.78, 5) is 12.4. The smallest absolute Gasteiger partial charge is 0.136 e. The Labute approximate surface area is 108 Å². The molecule has 2 unspecified atom stereocenters. The number of rotatable bonds is 3. The van der Waals surface area contributed by atoms with E-state index in [0.29, 0.717) is 23.8 Å². The minimum atomic E-state index is 0.271. The topological polar surface area (TPSA) is 47.6 Å². The Hall–Kier alpha value is -0.450. The fraction of sp³-hybridized carbons (Fsp3) is 0.929. The first-order chi connectivity index (χ1) is 8.81. The van der Waals surface area contributed by atoms with E-state index in [9.17, 15) is 4.79 Å². The van der Waals surface area contributed by atoms with Gasteiger partial charge >= 0.3 is 0 Å². The van der Waals surface area contributed by atoms with Crippen molar-refractivity contribution in [2.24, 2.45) is 11.8 Å². The Morgan fingerprint density at radius 2 is 1.72 bits per heavy atom. The number of hydrogen-bond donors (Lipinski definition) is 1. The molecule has 0 amide bonds. The van der Waals surface area contributed by atoms with Crippen LogP contribution < -0.4 is 5.32 Å². The van der Waals surface area contributed by atoms with Gasteiger partial charge in [0.2, 0.25) is 0 Å². The zero-order chi connectivity index (χ0) is 12.4. The standard InChI is InChI=1S/C14H23NO3/c16-14(5-10-1-3-17-4-2-10)11-6-12-8-18-9-13(7-11)15-12/h10-13,15H,1-9H2. The highest BCUT2D eigenvalue weighted by Gasteiger charge is 2.35. The zero-order valence-electron chi connectivity index (χ0n) is 10.9. The van der Waals surface area contributed by atoms with Crippen LogP contribution in [0.5, 0.6) is 0 Å². The zero-order valence-corrected chi connectivity index (χ0v) is 10.9. The lowest BCUT2D eigenvalue weighted by Gasteiger charge is -2.40. The fourth-order valence-electron chi connectivity index (χ4n) is 3.50. The van der Waals surface area contributed by atoms with Crippen LogP contribution in [0.1, 0.15) is 32.1 Å². The second-order valence-electron chi connectivity index (χ2n) is 5.99. The molecule has 2 bridgehead atoms. The number of ketones is 1. The van der Waals surface area contributed by atoms with Gasteiger partial charge in [0, 0.05) is 37.6 Å². The molecule has 0 radical (unpaired) electrons. The first-order valence-electron chi connectivity index (χ1n) is 7.25. The van der Waals surface area contributed by atoms with Gasteiger partial charge in [-0.2, -0.15) is 0 Å². The Kier molecular flexibility index (Phi) is 3.97. The molecule has 4 heteroatoms. The van der Waals surface area contributed by atoms with E-state index in [4.69, 9.17) is 9.47 Å². The number of nitrogens with one attached hydrogen (secondary N) is 1. The van der Waals surface area contributed by atoms with Crippen LogP contribution in [-0.2, 0) is 14.3 Å². The maximum atomic E-state index is 12.4. The van der Waals surface area contributed by atoms with Gasteiger partial charge in [-0.15, -0.1) is 0 Å². The van der Waals surface area contributed by atoms with Crippen molar-refractivity contribution < 1.29 is 14.3 Å². The van der Waals surface area contributed by atoms with Crippen molar-refractivity contribution in [3.05, 3.63) is 0 Å². The van der Waals surface area contributed by atoms with E-state index in [0.717, 1.165) is 58.5 Å². The van der Waals surface area contributed by atoms with Crippen molar-refractivity contribution in [1.29, 1.82) is 0 Å². The van der Waals surface area contributed by atoms with Gasteiger partial charge in [0.25, 0.3) is 0 Å². The van der Waals surface area contributed by atoms with E-state index in [1.54, 1.807) is 0 Å². The number of hydrogen-bond acceptors (Lipinski definition) is 4. The first-order valence-corrected chi connectivity index (χ1v) is 7.25. The third-order valence-corrected chi connectivity index (χ3v) is 4.53. The van der Waals surface area contributed by atoms with E-state index >= 15 is 0 Å². The molecule has 3 aliphatic heterocycles. The predicted octanol–water partition coefficient (Wildman–Crippen LogP) is 1.14. The van der Waals surface area contributed by atoms with Crippen LogP contribution in [0.4, 0.5) is 0 Å². The summed E-state index contributed by atoms with van der Waals surface area (Å²) < 4.78 is 10.9. The highest BCUT2D eigenvalue weighted by Crippen LogP contribution is 2.28. The van der Waals surface area contributed by atoms with Gasteiger partial charge in [0.1, 0.15) is 5.78 Å². The molecule has 18 heavy (non-hydrogen) atoms. The summed E-state index contributed by atoms with van der Waals surface area (Å²) in [6.07, 6.45) is 4.84. The van der Waals surface area contributed by atoms with E-state index in [-0.39, 0.29) is 5.92 Å². The molecule has 0 saturated carbocycles. The van der Waals surface area contributed by atoms with Crippen LogP contribution in [0.3, 0.4) is 0 Å². The minimum absolute atomic E-state index is 0.271. The molecule has 0 spiro atoms. The van der Waals surface area contributed by atoms with Gasteiger partial charge in [-0.25, -0.2) is 0 Å². The summed E-state index contributed by atoms with van der Waals surface area (Å²) in [5.74, 6) is 1.32. The van der Waals surface area contributed by atoms with E-state index in [1.807, 2.05) is 0 Å². The lowest BCUT2D eigenvalue weighted by Crippen LogP contribution is -2.55. The average Bonchev–Trinajstić information content (AvgIpc) is 2.39. The number of carbonyl (C=O) groups is 1. The van der Waals surface area contributed by atoms with Crippen LogP contribution in [0.25, 0.3) is 0 Å². The predicted molar refractivity (Wildman–Crippen MR) is 67.4 cm³/mol. The number of piperidine rings is 1. The molecule has 102 valence electrons. The van der Waals surface area contributed by atoms with Crippen LogP contribution in [0.2, 0.25) is 0 Å². The minimum Gasteiger partial charge on any atom is -0.381 e. The van der Waals surface area contributed by atoms with Crippen molar-refractivity contribution >= 4 is 5.78 Å². The monoisotopic (exact) mass is 253 g/mol. The van der Waals surface area contributed by atoms with Crippen molar-refractivity contribution in [3.8, 4) is 0 Å². The maximum absolute atomic E-state index is 12.4. The second-order valence-corrected chi connectivity index (χ2v) is 5.99. The Morgan fingerprint density at radius 1 is 1.06 bits per heavy atom. The summed E-state index contributed by atoms with van der Waals surface area (Å²) in [5.41, 5.74) is 0. The highest BCUT2D eigenvalue weighted by atomic mass is 16.5. The normalized spacial score (nSPS) is 37.4. The van der Waals surface area contributed by atoms with Gasteiger partial charge in [0.15, 0.2) is 0 Å². The number of ether oxygens (including phenoxy) is 2. The number of carbonyl (C=O) groups excluding carboxylic acids is 1. The molecular formula is C14H23NO3. The summed E-state index contributed by atoms with van der Waals surface area (Å²) in [5, 5.41) is 3.54. The van der Waals surface area contributed by atoms with Gasteiger partial charge in [-0.05, 0) is 31.6 Å².